The van der Waals surface area contributed by atoms with Crippen LogP contribution in [-0.2, 0) is 13.0 Å². The van der Waals surface area contributed by atoms with E-state index in [1.807, 2.05) is 6.07 Å². The summed E-state index contributed by atoms with van der Waals surface area (Å²) in [7, 11) is 0. The monoisotopic (exact) mass is 300 g/mol. The number of hydrogen-bond acceptors (Lipinski definition) is 3. The number of carboxylic acids is 1. The van der Waals surface area contributed by atoms with Crippen LogP contribution in [0.15, 0.2) is 35.7 Å². The van der Waals surface area contributed by atoms with Crippen LogP contribution in [0.1, 0.15) is 34.4 Å². The third-order valence-electron chi connectivity index (χ3n) is 3.44. The van der Waals surface area contributed by atoms with Crippen LogP contribution in [0, 0.1) is 0 Å². The molecule has 4 nitrogen and oxygen atoms in total. The van der Waals surface area contributed by atoms with Gasteiger partial charge in [-0.15, -0.1) is 11.3 Å². The van der Waals surface area contributed by atoms with Gasteiger partial charge in [0.2, 0.25) is 0 Å². The maximum Gasteiger partial charge on any atom is 0.335 e. The van der Waals surface area contributed by atoms with Crippen molar-refractivity contribution in [2.45, 2.75) is 26.3 Å². The molecular weight excluding hydrogens is 284 g/mol. The lowest BCUT2D eigenvalue weighted by Crippen LogP contribution is -2.04. The van der Waals surface area contributed by atoms with Crippen LogP contribution in [0.2, 0.25) is 0 Å². The van der Waals surface area contributed by atoms with Crippen LogP contribution in [0.4, 0.5) is 0 Å². The molecular formula is C16H16N2O2S. The topological polar surface area (TPSA) is 55.1 Å². The van der Waals surface area contributed by atoms with Crippen molar-refractivity contribution in [3.8, 4) is 0 Å². The highest BCUT2D eigenvalue weighted by molar-refractivity contribution is 7.09. The van der Waals surface area contributed by atoms with Gasteiger partial charge in [0, 0.05) is 11.3 Å². The highest BCUT2D eigenvalue weighted by Gasteiger charge is 2.13. The van der Waals surface area contributed by atoms with E-state index in [1.54, 1.807) is 29.5 Å². The van der Waals surface area contributed by atoms with E-state index in [4.69, 9.17) is 0 Å². The quantitative estimate of drug-likeness (QED) is 0.780. The number of aromatic carboxylic acids is 1. The van der Waals surface area contributed by atoms with Crippen molar-refractivity contribution in [1.82, 2.24) is 9.55 Å². The van der Waals surface area contributed by atoms with E-state index in [0.717, 1.165) is 36.2 Å². The van der Waals surface area contributed by atoms with Crippen LogP contribution >= 0.6 is 11.3 Å². The van der Waals surface area contributed by atoms with Crippen molar-refractivity contribution < 1.29 is 9.90 Å². The molecule has 3 aromatic rings. The van der Waals surface area contributed by atoms with E-state index >= 15 is 0 Å². The van der Waals surface area contributed by atoms with Crippen LogP contribution in [0.5, 0.6) is 0 Å². The van der Waals surface area contributed by atoms with Crippen LogP contribution in [-0.4, -0.2) is 20.6 Å². The Labute approximate surface area is 126 Å². The molecule has 0 amide bonds. The molecule has 3 rings (SSSR count). The number of aromatic nitrogens is 2. The lowest BCUT2D eigenvalue weighted by molar-refractivity contribution is 0.0697. The molecule has 0 atom stereocenters. The maximum absolute atomic E-state index is 11.2. The minimum Gasteiger partial charge on any atom is -0.478 e. The highest BCUT2D eigenvalue weighted by Crippen LogP contribution is 2.22. The van der Waals surface area contributed by atoms with Crippen LogP contribution < -0.4 is 0 Å². The lowest BCUT2D eigenvalue weighted by Gasteiger charge is -2.07. The molecule has 0 radical (unpaired) electrons. The number of rotatable bonds is 5. The highest BCUT2D eigenvalue weighted by atomic mass is 32.1. The second-order valence-corrected chi connectivity index (χ2v) is 5.98. The predicted molar refractivity (Wildman–Crippen MR) is 84.1 cm³/mol. The number of thiophene rings is 1. The summed E-state index contributed by atoms with van der Waals surface area (Å²) in [5, 5.41) is 11.2. The second-order valence-electron chi connectivity index (χ2n) is 4.95. The van der Waals surface area contributed by atoms with Gasteiger partial charge >= 0.3 is 5.97 Å². The number of hydrogen-bond donors (Lipinski definition) is 1. The molecule has 0 spiro atoms. The third-order valence-corrected chi connectivity index (χ3v) is 4.30. The van der Waals surface area contributed by atoms with Gasteiger partial charge in [0.25, 0.3) is 0 Å². The first kappa shape index (κ1) is 13.8. The Morgan fingerprint density at radius 1 is 1.38 bits per heavy atom. The fraction of sp³-hybridized carbons (Fsp3) is 0.250. The Hall–Kier alpha value is -2.14. The summed E-state index contributed by atoms with van der Waals surface area (Å²) >= 11 is 1.70. The number of aryl methyl sites for hydroxylation is 1. The zero-order valence-corrected chi connectivity index (χ0v) is 12.6. The molecule has 1 N–H and O–H groups in total. The Balaban J connectivity index is 2.13. The van der Waals surface area contributed by atoms with Gasteiger partial charge in [0.05, 0.1) is 23.1 Å². The summed E-state index contributed by atoms with van der Waals surface area (Å²) in [5.74, 6) is 0.112. The predicted octanol–water partition coefficient (Wildman–Crippen LogP) is 3.80. The molecule has 0 aliphatic heterocycles. The minimum absolute atomic E-state index is 0.304. The fourth-order valence-corrected chi connectivity index (χ4v) is 3.15. The first-order valence-electron chi connectivity index (χ1n) is 6.94. The number of carboxylic acid groups (broad SMARTS) is 1. The average molecular weight is 300 g/mol. The van der Waals surface area contributed by atoms with Crippen molar-refractivity contribution in [2.24, 2.45) is 0 Å². The fourth-order valence-electron chi connectivity index (χ4n) is 2.45. The average Bonchev–Trinajstić information content (AvgIpc) is 3.08. The first-order valence-corrected chi connectivity index (χ1v) is 7.82. The van der Waals surface area contributed by atoms with Gasteiger partial charge in [-0.2, -0.15) is 0 Å². The number of carbonyl (C=O) groups is 1. The smallest absolute Gasteiger partial charge is 0.335 e. The number of benzene rings is 1. The molecule has 21 heavy (non-hydrogen) atoms. The standard InChI is InChI=1S/C16H16N2O2S/c1-2-4-15-17-13-7-6-11(16(19)20)9-14(13)18(15)10-12-5-3-8-21-12/h3,5-9H,2,4,10H2,1H3,(H,19,20). The maximum atomic E-state index is 11.2. The molecule has 5 heteroatoms. The number of imidazole rings is 1. The molecule has 0 aliphatic rings. The summed E-state index contributed by atoms with van der Waals surface area (Å²) in [6.07, 6.45) is 1.90. The minimum atomic E-state index is -0.905. The van der Waals surface area contributed by atoms with E-state index in [0.29, 0.717) is 5.56 Å². The number of nitrogens with zero attached hydrogens (tertiary/aromatic N) is 2. The van der Waals surface area contributed by atoms with Crippen LogP contribution in [0.25, 0.3) is 11.0 Å². The molecule has 0 saturated carbocycles. The van der Waals surface area contributed by atoms with Gasteiger partial charge in [-0.3, -0.25) is 0 Å². The van der Waals surface area contributed by atoms with Gasteiger partial charge in [-0.1, -0.05) is 13.0 Å². The lowest BCUT2D eigenvalue weighted by atomic mass is 10.2. The molecule has 2 heterocycles. The summed E-state index contributed by atoms with van der Waals surface area (Å²) in [5.41, 5.74) is 2.06. The van der Waals surface area contributed by atoms with Gasteiger partial charge in [-0.05, 0) is 36.1 Å². The van der Waals surface area contributed by atoms with Gasteiger partial charge in [-0.25, -0.2) is 9.78 Å². The Morgan fingerprint density at radius 2 is 2.24 bits per heavy atom. The van der Waals surface area contributed by atoms with Crippen molar-refractivity contribution in [1.29, 1.82) is 0 Å². The third kappa shape index (κ3) is 2.69. The van der Waals surface area contributed by atoms with E-state index in [1.165, 1.54) is 4.88 Å². The largest absolute Gasteiger partial charge is 0.478 e. The molecule has 1 aromatic carbocycles. The van der Waals surface area contributed by atoms with Crippen molar-refractivity contribution in [3.05, 3.63) is 52.0 Å². The van der Waals surface area contributed by atoms with Crippen molar-refractivity contribution in [3.63, 3.8) is 0 Å². The Morgan fingerprint density at radius 3 is 2.90 bits per heavy atom. The summed E-state index contributed by atoms with van der Waals surface area (Å²) in [6.45, 7) is 2.87. The van der Waals surface area contributed by atoms with Crippen LogP contribution in [0.3, 0.4) is 0 Å². The molecule has 108 valence electrons. The molecule has 0 saturated heterocycles. The van der Waals surface area contributed by atoms with Gasteiger partial charge in [0.15, 0.2) is 0 Å². The van der Waals surface area contributed by atoms with E-state index in [-0.39, 0.29) is 0 Å². The molecule has 2 aromatic heterocycles. The molecule has 0 aliphatic carbocycles. The molecule has 0 fully saturated rings. The van der Waals surface area contributed by atoms with Crippen molar-refractivity contribution in [2.75, 3.05) is 0 Å². The van der Waals surface area contributed by atoms with E-state index in [2.05, 4.69) is 27.9 Å². The van der Waals surface area contributed by atoms with E-state index < -0.39 is 5.97 Å². The van der Waals surface area contributed by atoms with Crippen molar-refractivity contribution >= 4 is 28.3 Å². The molecule has 0 bridgehead atoms. The second kappa shape index (κ2) is 5.69. The SMILES string of the molecule is CCCc1nc2ccc(C(=O)O)cc2n1Cc1cccs1. The van der Waals surface area contributed by atoms with Gasteiger partial charge in [0.1, 0.15) is 5.82 Å². The number of fused-ring (bicyclic) bond motifs is 1. The Kier molecular flexibility index (Phi) is 3.75. The Bertz CT molecular complexity index is 775. The molecule has 0 unspecified atom stereocenters. The summed E-state index contributed by atoms with van der Waals surface area (Å²) < 4.78 is 2.14. The first-order chi connectivity index (χ1) is 10.2. The van der Waals surface area contributed by atoms with E-state index in [9.17, 15) is 9.90 Å². The zero-order chi connectivity index (χ0) is 14.8. The zero-order valence-electron chi connectivity index (χ0n) is 11.7. The summed E-state index contributed by atoms with van der Waals surface area (Å²) in [4.78, 5) is 17.1. The normalized spacial score (nSPS) is 11.1. The summed E-state index contributed by atoms with van der Waals surface area (Å²) in [6, 6.07) is 9.25. The van der Waals surface area contributed by atoms with Gasteiger partial charge < -0.3 is 9.67 Å².